The Labute approximate surface area is 271 Å². The molecule has 47 heavy (non-hydrogen) atoms. The molecule has 0 aliphatic rings. The molecule has 0 saturated carbocycles. The highest BCUT2D eigenvalue weighted by Gasteiger charge is 2.20. The lowest BCUT2D eigenvalue weighted by atomic mass is 9.85. The molecule has 10 aromatic rings. The van der Waals surface area contributed by atoms with Crippen molar-refractivity contribution in [2.75, 3.05) is 0 Å². The molecule has 1 heteroatoms. The first-order valence-corrected chi connectivity index (χ1v) is 16.2. The fourth-order valence-electron chi connectivity index (χ4n) is 7.78. The van der Waals surface area contributed by atoms with Crippen molar-refractivity contribution >= 4 is 65.0 Å². The van der Waals surface area contributed by atoms with Gasteiger partial charge in [-0.2, -0.15) is 0 Å². The van der Waals surface area contributed by atoms with Crippen molar-refractivity contribution in [1.29, 1.82) is 0 Å². The topological polar surface area (TPSA) is 13.1 Å². The summed E-state index contributed by atoms with van der Waals surface area (Å²) in [6.07, 6.45) is 0. The van der Waals surface area contributed by atoms with Gasteiger partial charge in [-0.25, -0.2) is 0 Å². The molecule has 0 saturated heterocycles. The molecule has 0 bridgehead atoms. The van der Waals surface area contributed by atoms with Gasteiger partial charge in [-0.1, -0.05) is 146 Å². The number of furan rings is 1. The number of hydrogen-bond donors (Lipinski definition) is 0. The van der Waals surface area contributed by atoms with Crippen molar-refractivity contribution < 1.29 is 4.42 Å². The smallest absolute Gasteiger partial charge is 0.143 e. The van der Waals surface area contributed by atoms with Gasteiger partial charge in [0.1, 0.15) is 11.2 Å². The maximum absolute atomic E-state index is 6.79. The number of fused-ring (bicyclic) bond motifs is 10. The van der Waals surface area contributed by atoms with E-state index in [1.165, 1.54) is 70.9 Å². The van der Waals surface area contributed by atoms with Crippen molar-refractivity contribution in [1.82, 2.24) is 0 Å². The van der Waals surface area contributed by atoms with Gasteiger partial charge in [0.05, 0.1) is 0 Å². The average molecular weight is 597 g/mol. The Morgan fingerprint density at radius 1 is 0.277 bits per heavy atom. The molecule has 10 rings (SSSR count). The van der Waals surface area contributed by atoms with E-state index in [4.69, 9.17) is 4.42 Å². The van der Waals surface area contributed by atoms with Gasteiger partial charge in [0.2, 0.25) is 0 Å². The normalized spacial score (nSPS) is 11.8. The van der Waals surface area contributed by atoms with Crippen LogP contribution >= 0.6 is 0 Å². The largest absolute Gasteiger partial charge is 0.455 e. The summed E-state index contributed by atoms with van der Waals surface area (Å²) < 4.78 is 6.79. The minimum absolute atomic E-state index is 0.913. The highest BCUT2D eigenvalue weighted by molar-refractivity contribution is 6.31. The van der Waals surface area contributed by atoms with Gasteiger partial charge in [-0.15, -0.1) is 0 Å². The summed E-state index contributed by atoms with van der Waals surface area (Å²) in [6, 6.07) is 61.4. The molecule has 1 heterocycles. The van der Waals surface area contributed by atoms with Crippen LogP contribution in [0, 0.1) is 0 Å². The Kier molecular flexibility index (Phi) is 5.64. The molecule has 1 nitrogen and oxygen atoms in total. The Bertz CT molecular complexity index is 2770. The molecule has 0 spiro atoms. The third-order valence-electron chi connectivity index (χ3n) is 9.83. The average Bonchev–Trinajstić information content (AvgIpc) is 3.54. The van der Waals surface area contributed by atoms with Gasteiger partial charge in [0.15, 0.2) is 0 Å². The van der Waals surface area contributed by atoms with E-state index in [0.29, 0.717) is 0 Å². The van der Waals surface area contributed by atoms with Gasteiger partial charge < -0.3 is 4.42 Å². The lowest BCUT2D eigenvalue weighted by molar-refractivity contribution is 0.673. The molecule has 0 amide bonds. The fraction of sp³-hybridized carbons (Fsp3) is 0. The van der Waals surface area contributed by atoms with Crippen LogP contribution in [0.25, 0.3) is 98.4 Å². The molecule has 0 aliphatic heterocycles. The molecule has 0 N–H and O–H groups in total. The zero-order chi connectivity index (χ0) is 30.9. The van der Waals surface area contributed by atoms with Crippen LogP contribution in [0.5, 0.6) is 0 Å². The zero-order valence-corrected chi connectivity index (χ0v) is 25.6. The van der Waals surface area contributed by atoms with E-state index in [1.54, 1.807) is 0 Å². The van der Waals surface area contributed by atoms with Crippen LogP contribution in [0.15, 0.2) is 174 Å². The third-order valence-corrected chi connectivity index (χ3v) is 9.83. The van der Waals surface area contributed by atoms with Crippen molar-refractivity contribution in [3.63, 3.8) is 0 Å². The van der Waals surface area contributed by atoms with E-state index in [1.807, 2.05) is 0 Å². The summed E-state index contributed by atoms with van der Waals surface area (Å²) >= 11 is 0. The zero-order valence-electron chi connectivity index (χ0n) is 25.6. The van der Waals surface area contributed by atoms with Gasteiger partial charge in [0, 0.05) is 16.2 Å². The highest BCUT2D eigenvalue weighted by Crippen LogP contribution is 2.46. The molecule has 1 aromatic heterocycles. The van der Waals surface area contributed by atoms with E-state index in [9.17, 15) is 0 Å². The lowest BCUT2D eigenvalue weighted by Gasteiger charge is -2.18. The summed E-state index contributed by atoms with van der Waals surface area (Å²) in [5, 5.41) is 12.2. The predicted molar refractivity (Wildman–Crippen MR) is 200 cm³/mol. The van der Waals surface area contributed by atoms with Crippen LogP contribution in [-0.4, -0.2) is 0 Å². The number of rotatable bonds is 3. The summed E-state index contributed by atoms with van der Waals surface area (Å²) in [5.74, 6) is 0. The maximum atomic E-state index is 6.79. The van der Waals surface area contributed by atoms with Crippen molar-refractivity contribution in [3.05, 3.63) is 170 Å². The van der Waals surface area contributed by atoms with E-state index in [-0.39, 0.29) is 0 Å². The molecule has 0 atom stereocenters. The highest BCUT2D eigenvalue weighted by atomic mass is 16.3. The van der Waals surface area contributed by atoms with Gasteiger partial charge in [-0.3, -0.25) is 0 Å². The molecule has 0 unspecified atom stereocenters. The van der Waals surface area contributed by atoms with Gasteiger partial charge >= 0.3 is 0 Å². The first kappa shape index (κ1) is 26.1. The first-order chi connectivity index (χ1) is 23.3. The molecule has 9 aromatic carbocycles. The van der Waals surface area contributed by atoms with E-state index in [2.05, 4.69) is 170 Å². The molecule has 0 fully saturated rings. The lowest BCUT2D eigenvalue weighted by Crippen LogP contribution is -1.91. The third kappa shape index (κ3) is 3.90. The van der Waals surface area contributed by atoms with Crippen molar-refractivity contribution in [3.8, 4) is 33.4 Å². The Balaban J connectivity index is 1.28. The van der Waals surface area contributed by atoms with Crippen LogP contribution in [0.4, 0.5) is 0 Å². The molecular formula is C46H28O. The minimum Gasteiger partial charge on any atom is -0.455 e. The van der Waals surface area contributed by atoms with E-state index < -0.39 is 0 Å². The van der Waals surface area contributed by atoms with Crippen LogP contribution in [0.2, 0.25) is 0 Å². The number of benzene rings is 9. The number of hydrogen-bond acceptors (Lipinski definition) is 1. The second-order valence-electron chi connectivity index (χ2n) is 12.4. The Morgan fingerprint density at radius 2 is 0.766 bits per heavy atom. The minimum atomic E-state index is 0.913. The van der Waals surface area contributed by atoms with Crippen LogP contribution in [0.3, 0.4) is 0 Å². The Morgan fingerprint density at radius 3 is 1.40 bits per heavy atom. The second kappa shape index (κ2) is 10.2. The summed E-state index contributed by atoms with van der Waals surface area (Å²) in [5.41, 5.74) is 9.19. The monoisotopic (exact) mass is 596 g/mol. The van der Waals surface area contributed by atoms with Crippen LogP contribution in [0.1, 0.15) is 0 Å². The predicted octanol–water partition coefficient (Wildman–Crippen LogP) is 13.2. The summed E-state index contributed by atoms with van der Waals surface area (Å²) in [7, 11) is 0. The van der Waals surface area contributed by atoms with Gasteiger partial charge in [0.25, 0.3) is 0 Å². The Hall–Kier alpha value is -6.18. The van der Waals surface area contributed by atoms with E-state index >= 15 is 0 Å². The summed E-state index contributed by atoms with van der Waals surface area (Å²) in [4.78, 5) is 0. The molecule has 0 aliphatic carbocycles. The second-order valence-corrected chi connectivity index (χ2v) is 12.4. The van der Waals surface area contributed by atoms with Crippen LogP contribution in [-0.2, 0) is 0 Å². The molecular weight excluding hydrogens is 569 g/mol. The molecule has 0 radical (unpaired) electrons. The first-order valence-electron chi connectivity index (χ1n) is 16.2. The fourth-order valence-corrected chi connectivity index (χ4v) is 7.78. The van der Waals surface area contributed by atoms with Crippen molar-refractivity contribution in [2.45, 2.75) is 0 Å². The van der Waals surface area contributed by atoms with Crippen molar-refractivity contribution in [2.24, 2.45) is 0 Å². The van der Waals surface area contributed by atoms with Gasteiger partial charge in [-0.05, 0) is 95.3 Å². The van der Waals surface area contributed by atoms with E-state index in [0.717, 1.165) is 27.5 Å². The maximum Gasteiger partial charge on any atom is 0.143 e. The molecule has 218 valence electrons. The SMILES string of the molecule is c1ccc(-c2ccc3c(c2)oc2c4ccc(-c5c6ccccc6c(-c6ccccc6)c6ccccc56)cc4c4ccccc4c32)cc1. The quantitative estimate of drug-likeness (QED) is 0.146. The van der Waals surface area contributed by atoms with Crippen LogP contribution < -0.4 is 0 Å². The summed E-state index contributed by atoms with van der Waals surface area (Å²) in [6.45, 7) is 0. The standard InChI is InChI=1S/C46H28O/c1-3-13-29(14-4-1)31-23-26-40-42(28-31)47-46-39-25-24-32(27-41(39)33-17-7-8-18-34(33)45(40)46)44-37-21-11-9-19-35(37)43(30-15-5-2-6-16-30)36-20-10-12-22-38(36)44/h1-28H.